The third-order valence-electron chi connectivity index (χ3n) is 5.03. The van der Waals surface area contributed by atoms with Gasteiger partial charge in [-0.15, -0.1) is 10.2 Å². The average molecular weight is 463 g/mol. The molecule has 0 saturated heterocycles. The molecule has 2 aromatic carbocycles. The maximum absolute atomic E-state index is 12.7. The number of amides is 1. The number of nitrogens with zero attached hydrogens (tertiary/aromatic N) is 4. The van der Waals surface area contributed by atoms with Gasteiger partial charge < -0.3 is 14.1 Å². The fraction of sp³-hybridized carbons (Fsp3) is 0.240. The van der Waals surface area contributed by atoms with E-state index >= 15 is 0 Å². The highest BCUT2D eigenvalue weighted by atomic mass is 32.2. The Morgan fingerprint density at radius 1 is 1.06 bits per heavy atom. The Hall–Kier alpha value is -3.52. The zero-order chi connectivity index (χ0) is 23.0. The number of benzene rings is 2. The van der Waals surface area contributed by atoms with Crippen molar-refractivity contribution in [2.45, 2.75) is 25.0 Å². The van der Waals surface area contributed by atoms with Gasteiger partial charge in [0.25, 0.3) is 0 Å². The predicted octanol–water partition coefficient (Wildman–Crippen LogP) is 4.60. The molecule has 1 amide bonds. The Kier molecular flexibility index (Phi) is 7.47. The Balaban J connectivity index is 1.54. The van der Waals surface area contributed by atoms with E-state index < -0.39 is 0 Å². The van der Waals surface area contributed by atoms with Crippen LogP contribution in [0.2, 0.25) is 0 Å². The molecule has 0 unspecified atom stereocenters. The average Bonchev–Trinajstić information content (AvgIpc) is 3.49. The number of furan rings is 1. The molecule has 0 spiro atoms. The van der Waals surface area contributed by atoms with Crippen molar-refractivity contribution in [1.29, 1.82) is 0 Å². The molecule has 33 heavy (non-hydrogen) atoms. The summed E-state index contributed by atoms with van der Waals surface area (Å²) in [5.41, 5.74) is 2.07. The van der Waals surface area contributed by atoms with Crippen molar-refractivity contribution in [3.63, 3.8) is 0 Å². The summed E-state index contributed by atoms with van der Waals surface area (Å²) < 4.78 is 12.9. The number of hydrogen-bond donors (Lipinski definition) is 0. The quantitative estimate of drug-likeness (QED) is 0.321. The van der Waals surface area contributed by atoms with Crippen molar-refractivity contribution in [3.8, 4) is 11.4 Å². The molecule has 0 radical (unpaired) electrons. The predicted molar refractivity (Wildman–Crippen MR) is 128 cm³/mol. The molecule has 2 aromatic heterocycles. The Bertz CT molecular complexity index is 1160. The van der Waals surface area contributed by atoms with Gasteiger partial charge in [-0.1, -0.05) is 42.1 Å². The zero-order valence-corrected chi connectivity index (χ0v) is 19.5. The molecule has 2 heterocycles. The van der Waals surface area contributed by atoms with Gasteiger partial charge in [-0.3, -0.25) is 9.36 Å². The van der Waals surface area contributed by atoms with Gasteiger partial charge in [-0.05, 0) is 48.9 Å². The molecule has 4 rings (SSSR count). The van der Waals surface area contributed by atoms with Gasteiger partial charge in [0, 0.05) is 19.2 Å². The molecule has 8 heteroatoms. The van der Waals surface area contributed by atoms with Gasteiger partial charge in [-0.2, -0.15) is 0 Å². The topological polar surface area (TPSA) is 73.4 Å². The number of aromatic nitrogens is 3. The maximum atomic E-state index is 12.7. The van der Waals surface area contributed by atoms with Crippen LogP contribution in [0.3, 0.4) is 0 Å². The normalized spacial score (nSPS) is 10.8. The highest BCUT2D eigenvalue weighted by molar-refractivity contribution is 7.99. The molecule has 4 aromatic rings. The lowest BCUT2D eigenvalue weighted by Gasteiger charge is -2.16. The van der Waals surface area contributed by atoms with E-state index in [-0.39, 0.29) is 11.7 Å². The molecule has 0 saturated carbocycles. The number of carbonyl (C=O) groups is 1. The van der Waals surface area contributed by atoms with Crippen LogP contribution in [0.5, 0.6) is 5.75 Å². The van der Waals surface area contributed by atoms with Gasteiger partial charge in [0.15, 0.2) is 5.16 Å². The molecular formula is C25H26N4O3S. The van der Waals surface area contributed by atoms with Gasteiger partial charge in [-0.25, -0.2) is 0 Å². The summed E-state index contributed by atoms with van der Waals surface area (Å²) in [4.78, 5) is 14.3. The minimum atomic E-state index is -0.0118. The summed E-state index contributed by atoms with van der Waals surface area (Å²) in [5, 5.41) is 9.53. The molecule has 0 aliphatic carbocycles. The molecule has 0 aliphatic heterocycles. The van der Waals surface area contributed by atoms with Gasteiger partial charge in [0.2, 0.25) is 5.91 Å². The molecule has 7 nitrogen and oxygen atoms in total. The zero-order valence-electron chi connectivity index (χ0n) is 18.7. The van der Waals surface area contributed by atoms with Crippen molar-refractivity contribution in [3.05, 3.63) is 90.1 Å². The van der Waals surface area contributed by atoms with Crippen molar-refractivity contribution < 1.29 is 13.9 Å². The maximum Gasteiger partial charge on any atom is 0.233 e. The summed E-state index contributed by atoms with van der Waals surface area (Å²) in [6.45, 7) is 3.00. The smallest absolute Gasteiger partial charge is 0.233 e. The van der Waals surface area contributed by atoms with Gasteiger partial charge in [0.05, 0.1) is 25.2 Å². The highest BCUT2D eigenvalue weighted by Crippen LogP contribution is 2.25. The molecule has 0 N–H and O–H groups in total. The first-order valence-corrected chi connectivity index (χ1v) is 11.7. The van der Waals surface area contributed by atoms with E-state index in [1.54, 1.807) is 18.2 Å². The monoisotopic (exact) mass is 462 g/mol. The number of hydrogen-bond acceptors (Lipinski definition) is 6. The Morgan fingerprint density at radius 2 is 1.85 bits per heavy atom. The molecular weight excluding hydrogens is 436 g/mol. The number of ether oxygens (including phenoxy) is 1. The van der Waals surface area contributed by atoms with Crippen molar-refractivity contribution in [2.75, 3.05) is 19.4 Å². The van der Waals surface area contributed by atoms with Gasteiger partial charge in [0.1, 0.15) is 17.3 Å². The first-order chi connectivity index (χ1) is 16.1. The summed E-state index contributed by atoms with van der Waals surface area (Å²) in [7, 11) is 1.77. The number of rotatable bonds is 10. The molecule has 0 bridgehead atoms. The van der Waals surface area contributed by atoms with Crippen LogP contribution in [0, 0.1) is 0 Å². The second-order valence-electron chi connectivity index (χ2n) is 7.44. The van der Waals surface area contributed by atoms with Crippen molar-refractivity contribution in [2.24, 2.45) is 0 Å². The standard InChI is InChI=1S/C25H26N4O3S/c1-3-31-21-13-11-20(12-14-21)29-23(16-19-8-5-4-6-9-19)26-27-25(29)33-18-24(30)28(2)17-22-10-7-15-32-22/h4-15H,3,16-18H2,1-2H3. The van der Waals surface area contributed by atoms with E-state index in [0.29, 0.717) is 24.7 Å². The molecule has 0 fully saturated rings. The second-order valence-corrected chi connectivity index (χ2v) is 8.38. The summed E-state index contributed by atoms with van der Waals surface area (Å²) >= 11 is 1.37. The van der Waals surface area contributed by atoms with E-state index in [1.165, 1.54) is 11.8 Å². The lowest BCUT2D eigenvalue weighted by molar-refractivity contribution is -0.127. The largest absolute Gasteiger partial charge is 0.494 e. The molecule has 0 atom stereocenters. The van der Waals surface area contributed by atoms with Crippen molar-refractivity contribution >= 4 is 17.7 Å². The summed E-state index contributed by atoms with van der Waals surface area (Å²) in [6.07, 6.45) is 2.24. The molecule has 170 valence electrons. The Labute approximate surface area is 197 Å². The minimum absolute atomic E-state index is 0.0118. The molecule has 0 aliphatic rings. The van der Waals surface area contributed by atoms with Crippen LogP contribution < -0.4 is 4.74 Å². The van der Waals surface area contributed by atoms with Crippen LogP contribution >= 0.6 is 11.8 Å². The third kappa shape index (κ3) is 5.84. The summed E-state index contributed by atoms with van der Waals surface area (Å²) in [6, 6.07) is 21.7. The summed E-state index contributed by atoms with van der Waals surface area (Å²) in [5.74, 6) is 2.60. The second kappa shape index (κ2) is 10.9. The number of thioether (sulfide) groups is 1. The number of carbonyl (C=O) groups excluding carboxylic acids is 1. The third-order valence-corrected chi connectivity index (χ3v) is 5.95. The lowest BCUT2D eigenvalue weighted by Crippen LogP contribution is -2.27. The SMILES string of the molecule is CCOc1ccc(-n2c(Cc3ccccc3)nnc2SCC(=O)N(C)Cc2ccco2)cc1. The van der Waals surface area contributed by atoms with Crippen LogP contribution in [0.25, 0.3) is 5.69 Å². The van der Waals surface area contributed by atoms with E-state index in [0.717, 1.165) is 28.6 Å². The van der Waals surface area contributed by atoms with E-state index in [2.05, 4.69) is 22.3 Å². The van der Waals surface area contributed by atoms with Crippen molar-refractivity contribution in [1.82, 2.24) is 19.7 Å². The minimum Gasteiger partial charge on any atom is -0.494 e. The fourth-order valence-corrected chi connectivity index (χ4v) is 4.28. The van der Waals surface area contributed by atoms with Crippen LogP contribution in [0.15, 0.2) is 82.6 Å². The first kappa shape index (κ1) is 22.7. The first-order valence-electron chi connectivity index (χ1n) is 10.7. The van der Waals surface area contributed by atoms with Crippen LogP contribution in [0.4, 0.5) is 0 Å². The van der Waals surface area contributed by atoms with E-state index in [9.17, 15) is 4.79 Å². The fourth-order valence-electron chi connectivity index (χ4n) is 3.37. The van der Waals surface area contributed by atoms with E-state index in [4.69, 9.17) is 9.15 Å². The van der Waals surface area contributed by atoms with Crippen LogP contribution in [0.1, 0.15) is 24.1 Å². The Morgan fingerprint density at radius 3 is 2.55 bits per heavy atom. The van der Waals surface area contributed by atoms with Crippen LogP contribution in [-0.4, -0.2) is 45.0 Å². The van der Waals surface area contributed by atoms with Crippen LogP contribution in [-0.2, 0) is 17.8 Å². The lowest BCUT2D eigenvalue weighted by atomic mass is 10.1. The van der Waals surface area contributed by atoms with E-state index in [1.807, 2.05) is 66.1 Å². The van der Waals surface area contributed by atoms with Gasteiger partial charge >= 0.3 is 0 Å². The highest BCUT2D eigenvalue weighted by Gasteiger charge is 2.18.